The summed E-state index contributed by atoms with van der Waals surface area (Å²) in [7, 11) is 1.69. The molecule has 0 aromatic carbocycles. The van der Waals surface area contributed by atoms with Gasteiger partial charge in [-0.15, -0.1) is 0 Å². The van der Waals surface area contributed by atoms with Gasteiger partial charge in [0, 0.05) is 19.7 Å². The van der Waals surface area contributed by atoms with Gasteiger partial charge in [0.15, 0.2) is 0 Å². The summed E-state index contributed by atoms with van der Waals surface area (Å²) in [4.78, 5) is 0. The fourth-order valence-corrected chi connectivity index (χ4v) is 0.650. The van der Waals surface area contributed by atoms with E-state index in [1.54, 1.807) is 14.0 Å². The lowest BCUT2D eigenvalue weighted by Crippen LogP contribution is -2.44. The first-order valence-electron chi connectivity index (χ1n) is 4.35. The van der Waals surface area contributed by atoms with Crippen molar-refractivity contribution in [2.45, 2.75) is 45.4 Å². The summed E-state index contributed by atoms with van der Waals surface area (Å²) >= 11 is 0. The van der Waals surface area contributed by atoms with Crippen LogP contribution in [0.1, 0.15) is 27.7 Å². The van der Waals surface area contributed by atoms with E-state index in [0.717, 1.165) is 6.54 Å². The monoisotopic (exact) mass is 175 g/mol. The number of ether oxygens (including phenoxy) is 1. The molecule has 0 aromatic heterocycles. The van der Waals surface area contributed by atoms with Gasteiger partial charge in [-0.1, -0.05) is 0 Å². The Hall–Kier alpha value is -0.120. The Morgan fingerprint density at radius 1 is 1.42 bits per heavy atom. The molecule has 0 saturated carbocycles. The zero-order valence-corrected chi connectivity index (χ0v) is 8.72. The van der Waals surface area contributed by atoms with Crippen molar-refractivity contribution in [3.8, 4) is 0 Å². The highest BCUT2D eigenvalue weighted by Gasteiger charge is 2.18. The van der Waals surface area contributed by atoms with Gasteiger partial charge in [0.25, 0.3) is 0 Å². The summed E-state index contributed by atoms with van der Waals surface area (Å²) in [5.41, 5.74) is -0.164. The van der Waals surface area contributed by atoms with Crippen molar-refractivity contribution >= 4 is 0 Å². The van der Waals surface area contributed by atoms with E-state index in [2.05, 4.69) is 5.32 Å². The number of methoxy groups -OCH3 is 1. The molecule has 3 nitrogen and oxygen atoms in total. The Bertz CT molecular complexity index is 124. The van der Waals surface area contributed by atoms with Gasteiger partial charge in [0.2, 0.25) is 0 Å². The SMILES string of the molecule is COC(C)(C)CNC(C)C(C)O. The van der Waals surface area contributed by atoms with Gasteiger partial charge in [-0.2, -0.15) is 0 Å². The van der Waals surface area contributed by atoms with E-state index in [1.165, 1.54) is 0 Å². The van der Waals surface area contributed by atoms with Crippen LogP contribution in [-0.2, 0) is 4.74 Å². The molecule has 0 aliphatic heterocycles. The van der Waals surface area contributed by atoms with Gasteiger partial charge >= 0.3 is 0 Å². The van der Waals surface area contributed by atoms with Crippen molar-refractivity contribution in [3.63, 3.8) is 0 Å². The number of aliphatic hydroxyl groups is 1. The van der Waals surface area contributed by atoms with E-state index < -0.39 is 0 Å². The minimum atomic E-state index is -0.322. The van der Waals surface area contributed by atoms with Crippen LogP contribution >= 0.6 is 0 Å². The summed E-state index contributed by atoms with van der Waals surface area (Å²) in [5.74, 6) is 0. The molecule has 74 valence electrons. The van der Waals surface area contributed by atoms with Gasteiger partial charge in [0.05, 0.1) is 11.7 Å². The van der Waals surface area contributed by atoms with Crippen molar-refractivity contribution in [1.29, 1.82) is 0 Å². The smallest absolute Gasteiger partial charge is 0.0746 e. The average molecular weight is 175 g/mol. The first kappa shape index (κ1) is 11.9. The number of hydrogen-bond donors (Lipinski definition) is 2. The molecule has 12 heavy (non-hydrogen) atoms. The normalized spacial score (nSPS) is 17.5. The fraction of sp³-hybridized carbons (Fsp3) is 1.00. The predicted molar refractivity (Wildman–Crippen MR) is 50.2 cm³/mol. The summed E-state index contributed by atoms with van der Waals surface area (Å²) in [6.07, 6.45) is -0.322. The molecule has 0 saturated heterocycles. The van der Waals surface area contributed by atoms with E-state index in [9.17, 15) is 5.11 Å². The molecule has 3 heteroatoms. The lowest BCUT2D eigenvalue weighted by Gasteiger charge is -2.26. The summed E-state index contributed by atoms with van der Waals surface area (Å²) in [6.45, 7) is 8.49. The van der Waals surface area contributed by atoms with E-state index in [-0.39, 0.29) is 17.7 Å². The molecule has 0 bridgehead atoms. The van der Waals surface area contributed by atoms with Gasteiger partial charge < -0.3 is 15.2 Å². The maximum absolute atomic E-state index is 9.19. The second kappa shape index (κ2) is 4.80. The minimum absolute atomic E-state index is 0.111. The lowest BCUT2D eigenvalue weighted by molar-refractivity contribution is 0.0170. The summed E-state index contributed by atoms with van der Waals surface area (Å²) < 4.78 is 5.22. The highest BCUT2D eigenvalue weighted by molar-refractivity contribution is 4.75. The summed E-state index contributed by atoms with van der Waals surface area (Å²) in [5, 5.41) is 12.4. The van der Waals surface area contributed by atoms with E-state index in [1.807, 2.05) is 20.8 Å². The molecule has 0 heterocycles. The number of rotatable bonds is 5. The third kappa shape index (κ3) is 4.70. The van der Waals surface area contributed by atoms with Crippen molar-refractivity contribution in [1.82, 2.24) is 5.32 Å². The first-order valence-corrected chi connectivity index (χ1v) is 4.35. The quantitative estimate of drug-likeness (QED) is 0.648. The Balaban J connectivity index is 3.67. The molecule has 0 fully saturated rings. The van der Waals surface area contributed by atoms with Crippen molar-refractivity contribution in [2.24, 2.45) is 0 Å². The topological polar surface area (TPSA) is 41.5 Å². The minimum Gasteiger partial charge on any atom is -0.392 e. The molecule has 0 amide bonds. The van der Waals surface area contributed by atoms with Crippen molar-refractivity contribution in [3.05, 3.63) is 0 Å². The van der Waals surface area contributed by atoms with Gasteiger partial charge in [-0.3, -0.25) is 0 Å². The van der Waals surface area contributed by atoms with Gasteiger partial charge in [0.1, 0.15) is 0 Å². The lowest BCUT2D eigenvalue weighted by atomic mass is 10.1. The third-order valence-corrected chi connectivity index (χ3v) is 2.13. The molecule has 0 aliphatic rings. The second-order valence-electron chi connectivity index (χ2n) is 3.87. The zero-order chi connectivity index (χ0) is 9.78. The molecule has 2 unspecified atom stereocenters. The molecule has 0 aliphatic carbocycles. The van der Waals surface area contributed by atoms with Gasteiger partial charge in [-0.25, -0.2) is 0 Å². The highest BCUT2D eigenvalue weighted by atomic mass is 16.5. The third-order valence-electron chi connectivity index (χ3n) is 2.13. The van der Waals surface area contributed by atoms with E-state index >= 15 is 0 Å². The van der Waals surface area contributed by atoms with Crippen LogP contribution in [0.5, 0.6) is 0 Å². The maximum Gasteiger partial charge on any atom is 0.0746 e. The Morgan fingerprint density at radius 2 is 1.92 bits per heavy atom. The molecule has 0 aromatic rings. The predicted octanol–water partition coefficient (Wildman–Crippen LogP) is 0.770. The second-order valence-corrected chi connectivity index (χ2v) is 3.87. The van der Waals surface area contributed by atoms with Crippen LogP contribution in [0.4, 0.5) is 0 Å². The van der Waals surface area contributed by atoms with Crippen LogP contribution in [-0.4, -0.2) is 36.5 Å². The van der Waals surface area contributed by atoms with Crippen molar-refractivity contribution < 1.29 is 9.84 Å². The van der Waals surface area contributed by atoms with Crippen LogP contribution in [0.15, 0.2) is 0 Å². The van der Waals surface area contributed by atoms with Crippen LogP contribution in [0.2, 0.25) is 0 Å². The Kier molecular flexibility index (Phi) is 4.75. The Labute approximate surface area is 75.1 Å². The summed E-state index contributed by atoms with van der Waals surface area (Å²) in [6, 6.07) is 0.111. The molecule has 0 spiro atoms. The zero-order valence-electron chi connectivity index (χ0n) is 8.72. The van der Waals surface area contributed by atoms with Crippen LogP contribution in [0, 0.1) is 0 Å². The fourth-order valence-electron chi connectivity index (χ4n) is 0.650. The highest BCUT2D eigenvalue weighted by Crippen LogP contribution is 2.05. The van der Waals surface area contributed by atoms with Crippen LogP contribution in [0.25, 0.3) is 0 Å². The standard InChI is InChI=1S/C9H21NO2/c1-7(8(2)11)10-6-9(3,4)12-5/h7-8,10-11H,6H2,1-5H3. The van der Waals surface area contributed by atoms with Crippen molar-refractivity contribution in [2.75, 3.05) is 13.7 Å². The van der Waals surface area contributed by atoms with Crippen LogP contribution in [0.3, 0.4) is 0 Å². The molecular formula is C9H21NO2. The Morgan fingerprint density at radius 3 is 2.25 bits per heavy atom. The number of nitrogens with one attached hydrogen (secondary N) is 1. The number of hydrogen-bond acceptors (Lipinski definition) is 3. The molecule has 0 rings (SSSR count). The largest absolute Gasteiger partial charge is 0.392 e. The molecule has 2 atom stereocenters. The van der Waals surface area contributed by atoms with Crippen LogP contribution < -0.4 is 5.32 Å². The molecular weight excluding hydrogens is 154 g/mol. The molecule has 2 N–H and O–H groups in total. The maximum atomic E-state index is 9.19. The van der Waals surface area contributed by atoms with E-state index in [4.69, 9.17) is 4.74 Å². The molecule has 0 radical (unpaired) electrons. The first-order chi connectivity index (χ1) is 5.39. The number of aliphatic hydroxyl groups excluding tert-OH is 1. The van der Waals surface area contributed by atoms with E-state index in [0.29, 0.717) is 0 Å². The van der Waals surface area contributed by atoms with Gasteiger partial charge in [-0.05, 0) is 27.7 Å². The average Bonchev–Trinajstić information content (AvgIpc) is 2.00.